The Balaban J connectivity index is 1.84. The van der Waals surface area contributed by atoms with Crippen LogP contribution in [0.4, 0.5) is 0 Å². The highest BCUT2D eigenvalue weighted by molar-refractivity contribution is 5.91. The summed E-state index contributed by atoms with van der Waals surface area (Å²) in [6, 6.07) is 3.58. The molecule has 2 unspecified atom stereocenters. The van der Waals surface area contributed by atoms with Crippen molar-refractivity contribution >= 4 is 5.91 Å². The first-order valence-corrected chi connectivity index (χ1v) is 7.91. The Hall–Kier alpha value is -1.33. The van der Waals surface area contributed by atoms with Crippen molar-refractivity contribution in [3.8, 4) is 0 Å². The number of rotatable bonds is 7. The molecule has 1 heterocycles. The van der Waals surface area contributed by atoms with E-state index in [1.807, 2.05) is 6.07 Å². The Kier molecular flexibility index (Phi) is 5.82. The topological polar surface area (TPSA) is 65.7 Å². The first kappa shape index (κ1) is 16.0. The van der Waals surface area contributed by atoms with Crippen LogP contribution in [-0.2, 0) is 6.54 Å². The van der Waals surface area contributed by atoms with Crippen molar-refractivity contribution in [2.45, 2.75) is 45.8 Å². The number of furan rings is 1. The molecule has 1 amide bonds. The summed E-state index contributed by atoms with van der Waals surface area (Å²) < 4.78 is 5.61. The molecular weight excluding hydrogens is 268 g/mol. The van der Waals surface area contributed by atoms with Gasteiger partial charge in [0.2, 0.25) is 0 Å². The van der Waals surface area contributed by atoms with E-state index in [0.717, 1.165) is 44.7 Å². The average Bonchev–Trinajstić information content (AvgIpc) is 3.11. The van der Waals surface area contributed by atoms with Gasteiger partial charge in [-0.2, -0.15) is 0 Å². The maximum Gasteiger partial charge on any atom is 0.287 e. The lowest BCUT2D eigenvalue weighted by atomic mass is 10.1. The second-order valence-corrected chi connectivity index (χ2v) is 5.70. The van der Waals surface area contributed by atoms with E-state index < -0.39 is 0 Å². The first-order valence-electron chi connectivity index (χ1n) is 7.91. The van der Waals surface area contributed by atoms with E-state index in [1.165, 1.54) is 0 Å². The molecule has 1 fully saturated rings. The van der Waals surface area contributed by atoms with Crippen LogP contribution in [0, 0.1) is 5.92 Å². The van der Waals surface area contributed by atoms with Gasteiger partial charge < -0.3 is 14.8 Å². The molecule has 2 atom stereocenters. The molecule has 0 aromatic carbocycles. The molecule has 1 aliphatic carbocycles. The summed E-state index contributed by atoms with van der Waals surface area (Å²) in [4.78, 5) is 14.3. The molecule has 0 spiro atoms. The van der Waals surface area contributed by atoms with Gasteiger partial charge in [-0.05, 0) is 38.1 Å². The van der Waals surface area contributed by atoms with E-state index >= 15 is 0 Å². The highest BCUT2D eigenvalue weighted by atomic mass is 16.4. The number of hydrogen-bond acceptors (Lipinski definition) is 4. The summed E-state index contributed by atoms with van der Waals surface area (Å²) in [7, 11) is 0. The van der Waals surface area contributed by atoms with Gasteiger partial charge in [-0.3, -0.25) is 9.69 Å². The van der Waals surface area contributed by atoms with Gasteiger partial charge in [-0.15, -0.1) is 0 Å². The average molecular weight is 294 g/mol. The van der Waals surface area contributed by atoms with Crippen molar-refractivity contribution in [3.05, 3.63) is 23.7 Å². The van der Waals surface area contributed by atoms with Gasteiger partial charge in [-0.1, -0.05) is 20.3 Å². The van der Waals surface area contributed by atoms with Crippen molar-refractivity contribution in [3.63, 3.8) is 0 Å². The number of nitrogens with zero attached hydrogens (tertiary/aromatic N) is 1. The Morgan fingerprint density at radius 1 is 1.38 bits per heavy atom. The Morgan fingerprint density at radius 3 is 2.76 bits per heavy atom. The third-order valence-electron chi connectivity index (χ3n) is 4.30. The van der Waals surface area contributed by atoms with Crippen LogP contribution >= 0.6 is 0 Å². The number of amides is 1. The van der Waals surface area contributed by atoms with Crippen molar-refractivity contribution in [2.75, 3.05) is 19.6 Å². The van der Waals surface area contributed by atoms with Crippen LogP contribution in [0.3, 0.4) is 0 Å². The van der Waals surface area contributed by atoms with E-state index in [4.69, 9.17) is 4.42 Å². The van der Waals surface area contributed by atoms with Crippen LogP contribution in [0.25, 0.3) is 0 Å². The lowest BCUT2D eigenvalue weighted by molar-refractivity contribution is 0.0886. The van der Waals surface area contributed by atoms with Crippen LogP contribution in [0.5, 0.6) is 0 Å². The zero-order chi connectivity index (χ0) is 15.2. The maximum absolute atomic E-state index is 12.0. The highest BCUT2D eigenvalue weighted by Crippen LogP contribution is 2.24. The van der Waals surface area contributed by atoms with Gasteiger partial charge in [0.1, 0.15) is 5.76 Å². The molecular formula is C16H26N2O3. The zero-order valence-corrected chi connectivity index (χ0v) is 13.0. The Morgan fingerprint density at radius 2 is 2.14 bits per heavy atom. The number of carbonyl (C=O) groups excluding carboxylic acids is 1. The monoisotopic (exact) mass is 294 g/mol. The smallest absolute Gasteiger partial charge is 0.287 e. The maximum atomic E-state index is 12.0. The zero-order valence-electron chi connectivity index (χ0n) is 13.0. The van der Waals surface area contributed by atoms with Gasteiger partial charge in [0.15, 0.2) is 5.76 Å². The highest BCUT2D eigenvalue weighted by Gasteiger charge is 2.25. The molecule has 1 aromatic rings. The summed E-state index contributed by atoms with van der Waals surface area (Å²) in [5.41, 5.74) is 0. The minimum Gasteiger partial charge on any atom is -0.455 e. The fourth-order valence-electron chi connectivity index (χ4n) is 2.82. The molecule has 1 aliphatic rings. The number of carbonyl (C=O) groups is 1. The summed E-state index contributed by atoms with van der Waals surface area (Å²) in [5.74, 6) is 1.15. The molecule has 21 heavy (non-hydrogen) atoms. The molecule has 0 radical (unpaired) electrons. The van der Waals surface area contributed by atoms with E-state index in [9.17, 15) is 9.90 Å². The first-order chi connectivity index (χ1) is 10.1. The standard InChI is InChI=1S/C16H26N2O3/c1-3-18(4-2)11-13-8-9-15(21-13)16(20)17-10-12-6-5-7-14(12)19/h8-9,12,14,19H,3-7,10-11H2,1-2H3,(H,17,20). The minimum atomic E-state index is -0.278. The molecule has 0 saturated heterocycles. The quantitative estimate of drug-likeness (QED) is 0.807. The fourth-order valence-corrected chi connectivity index (χ4v) is 2.82. The van der Waals surface area contributed by atoms with E-state index in [0.29, 0.717) is 12.3 Å². The molecule has 1 aromatic heterocycles. The normalized spacial score (nSPS) is 21.9. The third-order valence-corrected chi connectivity index (χ3v) is 4.30. The SMILES string of the molecule is CCN(CC)Cc1ccc(C(=O)NCC2CCCC2O)o1. The Bertz CT molecular complexity index is 454. The van der Waals surface area contributed by atoms with Gasteiger partial charge in [-0.25, -0.2) is 0 Å². The van der Waals surface area contributed by atoms with Gasteiger partial charge in [0.05, 0.1) is 12.6 Å². The predicted octanol–water partition coefficient (Wildman–Crippen LogP) is 2.01. The number of aliphatic hydroxyl groups excluding tert-OH is 1. The minimum absolute atomic E-state index is 0.180. The fraction of sp³-hybridized carbons (Fsp3) is 0.688. The largest absolute Gasteiger partial charge is 0.455 e. The summed E-state index contributed by atoms with van der Waals surface area (Å²) >= 11 is 0. The number of hydrogen-bond donors (Lipinski definition) is 2. The van der Waals surface area contributed by atoms with Crippen LogP contribution < -0.4 is 5.32 Å². The molecule has 2 rings (SSSR count). The van der Waals surface area contributed by atoms with Gasteiger partial charge in [0, 0.05) is 12.5 Å². The lowest BCUT2D eigenvalue weighted by Gasteiger charge is -2.16. The lowest BCUT2D eigenvalue weighted by Crippen LogP contribution is -2.32. The van der Waals surface area contributed by atoms with Crippen molar-refractivity contribution in [2.24, 2.45) is 5.92 Å². The molecule has 0 aliphatic heterocycles. The van der Waals surface area contributed by atoms with Crippen molar-refractivity contribution in [1.82, 2.24) is 10.2 Å². The van der Waals surface area contributed by atoms with Crippen LogP contribution in [0.15, 0.2) is 16.5 Å². The van der Waals surface area contributed by atoms with Gasteiger partial charge >= 0.3 is 0 Å². The van der Waals surface area contributed by atoms with Gasteiger partial charge in [0.25, 0.3) is 5.91 Å². The summed E-state index contributed by atoms with van der Waals surface area (Å²) in [6.07, 6.45) is 2.58. The second-order valence-electron chi connectivity index (χ2n) is 5.70. The molecule has 2 N–H and O–H groups in total. The molecule has 1 saturated carbocycles. The van der Waals surface area contributed by atoms with Crippen molar-refractivity contribution in [1.29, 1.82) is 0 Å². The second kappa shape index (κ2) is 7.61. The third kappa shape index (κ3) is 4.32. The van der Waals surface area contributed by atoms with E-state index in [-0.39, 0.29) is 17.9 Å². The molecule has 5 heteroatoms. The van der Waals surface area contributed by atoms with Crippen molar-refractivity contribution < 1.29 is 14.3 Å². The summed E-state index contributed by atoms with van der Waals surface area (Å²) in [5, 5.41) is 12.6. The predicted molar refractivity (Wildman–Crippen MR) is 81.0 cm³/mol. The number of aliphatic hydroxyl groups is 1. The van der Waals surface area contributed by atoms with E-state index in [1.54, 1.807) is 6.07 Å². The van der Waals surface area contributed by atoms with Crippen LogP contribution in [0.2, 0.25) is 0 Å². The van der Waals surface area contributed by atoms with Crippen LogP contribution in [0.1, 0.15) is 49.4 Å². The molecule has 118 valence electrons. The van der Waals surface area contributed by atoms with Crippen LogP contribution in [-0.4, -0.2) is 41.7 Å². The number of nitrogens with one attached hydrogen (secondary N) is 1. The summed E-state index contributed by atoms with van der Waals surface area (Å²) in [6.45, 7) is 7.37. The molecule has 0 bridgehead atoms. The molecule has 5 nitrogen and oxygen atoms in total. The van der Waals surface area contributed by atoms with E-state index in [2.05, 4.69) is 24.1 Å². The Labute approximate surface area is 126 Å².